The van der Waals surface area contributed by atoms with Crippen molar-refractivity contribution in [1.82, 2.24) is 19.9 Å². The number of morpholine rings is 2. The molecule has 290 valence electrons. The van der Waals surface area contributed by atoms with Crippen LogP contribution in [0.1, 0.15) is 11.1 Å². The van der Waals surface area contributed by atoms with Crippen LogP contribution in [0.5, 0.6) is 0 Å². The zero-order valence-corrected chi connectivity index (χ0v) is 32.2. The molecule has 0 aliphatic carbocycles. The van der Waals surface area contributed by atoms with Gasteiger partial charge in [-0.05, 0) is 85.6 Å². The molecule has 13 heteroatoms. The fraction of sp³-hybridized carbons (Fsp3) is 0.227. The van der Waals surface area contributed by atoms with Gasteiger partial charge in [-0.2, -0.15) is 0 Å². The molecule has 0 spiro atoms. The summed E-state index contributed by atoms with van der Waals surface area (Å²) in [5, 5.41) is 5.47. The zero-order chi connectivity index (χ0) is 39.5. The molecule has 0 radical (unpaired) electrons. The van der Waals surface area contributed by atoms with Gasteiger partial charge >= 0.3 is 0 Å². The summed E-state index contributed by atoms with van der Waals surface area (Å²) >= 11 is 6.33. The minimum Gasteiger partial charge on any atom is -0.378 e. The molecule has 7 aromatic rings. The second-order valence-corrected chi connectivity index (χ2v) is 14.2. The van der Waals surface area contributed by atoms with Gasteiger partial charge in [0.05, 0.1) is 71.6 Å². The van der Waals surface area contributed by atoms with Gasteiger partial charge in [0.2, 0.25) is 0 Å². The molecular formula is C44H39ClF3N7O2. The van der Waals surface area contributed by atoms with Crippen molar-refractivity contribution < 1.29 is 22.6 Å². The number of aromatic nitrogens is 4. The van der Waals surface area contributed by atoms with Crippen molar-refractivity contribution in [2.75, 3.05) is 67.7 Å². The maximum absolute atomic E-state index is 14.5. The molecule has 1 N–H and O–H groups in total. The lowest BCUT2D eigenvalue weighted by atomic mass is 10.0. The maximum atomic E-state index is 14.5. The standard InChI is InChI=1S/C29H29F2N5O2.C15H10ClFN2/c1-19-28(20-14-22(31)18-32-17-20)33-25-4-2-21(30)15-24(25)29(19)34-26-16-23(35-6-10-37-11-7-35)3-5-27(26)36-8-12-38-13-9-36;1-9-13(16)11-5-2-6-12(17)15(11)19-14(9)10-4-3-7-18-8-10/h2-5,14-18H,6-13H2,1H3,(H,33,34);2-8H,1H3. The minimum absolute atomic E-state index is 0.289. The number of para-hydroxylation sites is 1. The highest BCUT2D eigenvalue weighted by Crippen LogP contribution is 2.40. The molecular weight excluding hydrogens is 751 g/mol. The van der Waals surface area contributed by atoms with Crippen molar-refractivity contribution >= 4 is 56.2 Å². The topological polar surface area (TPSA) is 88.5 Å². The van der Waals surface area contributed by atoms with Gasteiger partial charge in [-0.3, -0.25) is 9.97 Å². The lowest BCUT2D eigenvalue weighted by Gasteiger charge is -2.33. The third kappa shape index (κ3) is 8.06. The average Bonchev–Trinajstić information content (AvgIpc) is 3.24. The zero-order valence-electron chi connectivity index (χ0n) is 31.4. The Kier molecular flexibility index (Phi) is 11.2. The molecule has 2 saturated heterocycles. The van der Waals surface area contributed by atoms with Crippen LogP contribution in [0.4, 0.5) is 35.9 Å². The highest BCUT2D eigenvalue weighted by Gasteiger charge is 2.22. The number of ether oxygens (including phenoxy) is 2. The Morgan fingerprint density at radius 3 is 2.14 bits per heavy atom. The number of nitrogens with zero attached hydrogens (tertiary/aromatic N) is 6. The van der Waals surface area contributed by atoms with Crippen LogP contribution in [0, 0.1) is 31.3 Å². The number of rotatable bonds is 6. The van der Waals surface area contributed by atoms with Gasteiger partial charge < -0.3 is 24.6 Å². The van der Waals surface area contributed by atoms with Crippen LogP contribution in [0.3, 0.4) is 0 Å². The van der Waals surface area contributed by atoms with Crippen molar-refractivity contribution in [2.24, 2.45) is 0 Å². The van der Waals surface area contributed by atoms with E-state index in [4.69, 9.17) is 26.1 Å². The van der Waals surface area contributed by atoms with Crippen LogP contribution < -0.4 is 15.1 Å². The fourth-order valence-electron chi connectivity index (χ4n) is 7.26. The molecule has 0 saturated carbocycles. The first kappa shape index (κ1) is 38.1. The number of hydrogen-bond donors (Lipinski definition) is 1. The summed E-state index contributed by atoms with van der Waals surface area (Å²) < 4.78 is 53.6. The van der Waals surface area contributed by atoms with Crippen molar-refractivity contribution in [2.45, 2.75) is 13.8 Å². The molecule has 57 heavy (non-hydrogen) atoms. The molecule has 0 amide bonds. The Morgan fingerprint density at radius 2 is 1.40 bits per heavy atom. The minimum atomic E-state index is -0.440. The van der Waals surface area contributed by atoms with Gasteiger partial charge in [-0.15, -0.1) is 0 Å². The highest BCUT2D eigenvalue weighted by atomic mass is 35.5. The van der Waals surface area contributed by atoms with Crippen LogP contribution in [0.2, 0.25) is 5.02 Å². The maximum Gasteiger partial charge on any atom is 0.149 e. The summed E-state index contributed by atoms with van der Waals surface area (Å²) in [7, 11) is 0. The molecule has 2 fully saturated rings. The van der Waals surface area contributed by atoms with E-state index < -0.39 is 5.82 Å². The number of benzene rings is 3. The normalized spacial score (nSPS) is 14.4. The first-order valence-corrected chi connectivity index (χ1v) is 19.0. The predicted molar refractivity (Wildman–Crippen MR) is 220 cm³/mol. The first-order chi connectivity index (χ1) is 27.7. The third-order valence-corrected chi connectivity index (χ3v) is 10.7. The average molecular weight is 790 g/mol. The summed E-state index contributed by atoms with van der Waals surface area (Å²) in [5.74, 6) is -1.16. The molecule has 4 aromatic heterocycles. The van der Waals surface area contributed by atoms with Crippen molar-refractivity contribution in [3.05, 3.63) is 131 Å². The Hall–Kier alpha value is -5.82. The Bertz CT molecular complexity index is 2570. The molecule has 0 atom stereocenters. The van der Waals surface area contributed by atoms with Crippen LogP contribution >= 0.6 is 11.6 Å². The molecule has 3 aromatic carbocycles. The largest absolute Gasteiger partial charge is 0.378 e. The summed E-state index contributed by atoms with van der Waals surface area (Å²) in [6, 6.07) is 20.9. The van der Waals surface area contributed by atoms with Crippen molar-refractivity contribution in [1.29, 1.82) is 0 Å². The lowest BCUT2D eigenvalue weighted by molar-refractivity contribution is 0.122. The summed E-state index contributed by atoms with van der Waals surface area (Å²) in [4.78, 5) is 21.9. The van der Waals surface area contributed by atoms with E-state index in [9.17, 15) is 13.2 Å². The Morgan fingerprint density at radius 1 is 0.667 bits per heavy atom. The smallest absolute Gasteiger partial charge is 0.149 e. The summed E-state index contributed by atoms with van der Waals surface area (Å²) in [5.41, 5.74) is 8.90. The van der Waals surface area contributed by atoms with E-state index in [1.807, 2.05) is 26.0 Å². The molecule has 0 unspecified atom stereocenters. The van der Waals surface area contributed by atoms with Gasteiger partial charge in [-0.1, -0.05) is 23.7 Å². The van der Waals surface area contributed by atoms with Crippen LogP contribution in [-0.4, -0.2) is 72.5 Å². The highest BCUT2D eigenvalue weighted by molar-refractivity contribution is 6.36. The van der Waals surface area contributed by atoms with Crippen molar-refractivity contribution in [3.8, 4) is 22.5 Å². The number of anilines is 4. The Balaban J connectivity index is 0.000000200. The van der Waals surface area contributed by atoms with E-state index >= 15 is 0 Å². The van der Waals surface area contributed by atoms with Gasteiger partial charge in [0.15, 0.2) is 0 Å². The van der Waals surface area contributed by atoms with Gasteiger partial charge in [0, 0.05) is 72.4 Å². The molecule has 6 heterocycles. The third-order valence-electron chi connectivity index (χ3n) is 10.2. The first-order valence-electron chi connectivity index (χ1n) is 18.7. The van der Waals surface area contributed by atoms with E-state index in [1.54, 1.807) is 36.8 Å². The van der Waals surface area contributed by atoms with Crippen LogP contribution in [-0.2, 0) is 9.47 Å². The number of hydrogen-bond acceptors (Lipinski definition) is 9. The van der Waals surface area contributed by atoms with E-state index in [-0.39, 0.29) is 17.2 Å². The van der Waals surface area contributed by atoms with Gasteiger partial charge in [0.25, 0.3) is 0 Å². The molecule has 2 aliphatic heterocycles. The predicted octanol–water partition coefficient (Wildman–Crippen LogP) is 9.70. The number of fused-ring (bicyclic) bond motifs is 2. The second-order valence-electron chi connectivity index (χ2n) is 13.8. The second kappa shape index (κ2) is 16.7. The van der Waals surface area contributed by atoms with E-state index in [1.165, 1.54) is 30.5 Å². The van der Waals surface area contributed by atoms with E-state index in [0.717, 1.165) is 65.6 Å². The van der Waals surface area contributed by atoms with Crippen LogP contribution in [0.15, 0.2) is 97.6 Å². The molecule has 0 bridgehead atoms. The van der Waals surface area contributed by atoms with Crippen molar-refractivity contribution in [3.63, 3.8) is 0 Å². The monoisotopic (exact) mass is 789 g/mol. The molecule has 9 rings (SSSR count). The SMILES string of the molecule is Cc1c(-c2cccnc2)nc2c(F)cccc2c1Cl.Cc1c(-c2cncc(F)c2)nc2ccc(F)cc2c1Nc1cc(N2CCOCC2)ccc1N1CCOCC1. The van der Waals surface area contributed by atoms with E-state index in [0.29, 0.717) is 64.7 Å². The number of pyridine rings is 4. The van der Waals surface area contributed by atoms with Gasteiger partial charge in [0.1, 0.15) is 23.0 Å². The molecule has 2 aliphatic rings. The fourth-order valence-corrected chi connectivity index (χ4v) is 7.50. The Labute approximate surface area is 333 Å². The number of nitrogens with one attached hydrogen (secondary N) is 1. The summed E-state index contributed by atoms with van der Waals surface area (Å²) in [6.45, 7) is 9.66. The lowest BCUT2D eigenvalue weighted by Crippen LogP contribution is -2.37. The van der Waals surface area contributed by atoms with E-state index in [2.05, 4.69) is 48.3 Å². The number of halogens is 4. The van der Waals surface area contributed by atoms with Gasteiger partial charge in [-0.25, -0.2) is 23.1 Å². The summed E-state index contributed by atoms with van der Waals surface area (Å²) in [6.07, 6.45) is 6.14. The van der Waals surface area contributed by atoms with Crippen LogP contribution in [0.25, 0.3) is 44.3 Å². The molecule has 9 nitrogen and oxygen atoms in total. The quantitative estimate of drug-likeness (QED) is 0.177.